The lowest BCUT2D eigenvalue weighted by atomic mass is 10.2. The first-order chi connectivity index (χ1) is 10.2. The van der Waals surface area contributed by atoms with Crippen molar-refractivity contribution in [1.29, 1.82) is 0 Å². The normalized spacial score (nSPS) is 11.4. The van der Waals surface area contributed by atoms with Gasteiger partial charge in [-0.15, -0.1) is 0 Å². The highest BCUT2D eigenvalue weighted by atomic mass is 32.2. The molecule has 0 radical (unpaired) electrons. The van der Waals surface area contributed by atoms with E-state index < -0.39 is 16.4 Å². The van der Waals surface area contributed by atoms with Crippen molar-refractivity contribution >= 4 is 16.4 Å². The van der Waals surface area contributed by atoms with Gasteiger partial charge in [0.05, 0.1) is 0 Å². The predicted octanol–water partition coefficient (Wildman–Crippen LogP) is 2.02. The number of benzene rings is 1. The molecular weight excluding hydrogens is 308 g/mol. The Morgan fingerprint density at radius 1 is 1.18 bits per heavy atom. The van der Waals surface area contributed by atoms with Gasteiger partial charge in [0.1, 0.15) is 11.5 Å². The maximum Gasteiger partial charge on any atom is 0.415 e. The number of carbonyl (C=O) groups is 1. The summed E-state index contributed by atoms with van der Waals surface area (Å²) in [5, 5.41) is 0. The van der Waals surface area contributed by atoms with Crippen molar-refractivity contribution in [2.45, 2.75) is 20.8 Å². The van der Waals surface area contributed by atoms with Crippen LogP contribution in [0, 0.1) is 6.92 Å². The Balaban J connectivity index is 2.89. The molecule has 0 heterocycles. The molecule has 8 heteroatoms. The number of carbonyl (C=O) groups excluding carboxylic acids is 1. The van der Waals surface area contributed by atoms with Crippen LogP contribution in [0.2, 0.25) is 0 Å². The molecule has 124 valence electrons. The lowest BCUT2D eigenvalue weighted by Crippen LogP contribution is -2.33. The molecular formula is C14H22N2O5S. The fourth-order valence-corrected chi connectivity index (χ4v) is 2.12. The van der Waals surface area contributed by atoms with E-state index in [4.69, 9.17) is 8.92 Å². The molecule has 0 unspecified atom stereocenters. The molecule has 1 rings (SSSR count). The Morgan fingerprint density at radius 3 is 2.23 bits per heavy atom. The third-order valence-electron chi connectivity index (χ3n) is 3.01. The van der Waals surface area contributed by atoms with E-state index in [2.05, 4.69) is 0 Å². The van der Waals surface area contributed by atoms with Crippen molar-refractivity contribution in [3.63, 3.8) is 0 Å². The Hall–Kier alpha value is -1.80. The summed E-state index contributed by atoms with van der Waals surface area (Å²) >= 11 is 0. The van der Waals surface area contributed by atoms with Crippen LogP contribution in [0.15, 0.2) is 18.2 Å². The number of rotatable bonds is 6. The monoisotopic (exact) mass is 330 g/mol. The van der Waals surface area contributed by atoms with Gasteiger partial charge in [-0.2, -0.15) is 12.7 Å². The van der Waals surface area contributed by atoms with Gasteiger partial charge in [0, 0.05) is 27.2 Å². The minimum atomic E-state index is -3.81. The summed E-state index contributed by atoms with van der Waals surface area (Å²) in [6, 6.07) is 4.46. The SMILES string of the molecule is CCN(CC)C(=O)Oc1ccc(OS(=O)(=O)N(C)C)cc1C. The first-order valence-corrected chi connectivity index (χ1v) is 8.27. The van der Waals surface area contributed by atoms with E-state index in [9.17, 15) is 13.2 Å². The summed E-state index contributed by atoms with van der Waals surface area (Å²) in [5.74, 6) is 0.528. The smallest absolute Gasteiger partial charge is 0.410 e. The van der Waals surface area contributed by atoms with E-state index >= 15 is 0 Å². The summed E-state index contributed by atoms with van der Waals surface area (Å²) in [6.45, 7) is 6.54. The second-order valence-corrected chi connectivity index (χ2v) is 6.54. The molecule has 0 fully saturated rings. The van der Waals surface area contributed by atoms with Crippen molar-refractivity contribution in [1.82, 2.24) is 9.21 Å². The van der Waals surface area contributed by atoms with Crippen LogP contribution < -0.4 is 8.92 Å². The summed E-state index contributed by atoms with van der Waals surface area (Å²) in [5.41, 5.74) is 0.604. The van der Waals surface area contributed by atoms with Gasteiger partial charge in [0.15, 0.2) is 0 Å². The molecule has 0 bridgehead atoms. The van der Waals surface area contributed by atoms with Crippen LogP contribution in [-0.4, -0.2) is 50.9 Å². The quantitative estimate of drug-likeness (QED) is 0.797. The molecule has 1 aromatic rings. The van der Waals surface area contributed by atoms with Crippen LogP contribution >= 0.6 is 0 Å². The topological polar surface area (TPSA) is 76.1 Å². The molecule has 0 aliphatic rings. The molecule has 0 spiro atoms. The molecule has 7 nitrogen and oxygen atoms in total. The molecule has 0 N–H and O–H groups in total. The van der Waals surface area contributed by atoms with E-state index in [0.29, 0.717) is 24.4 Å². The van der Waals surface area contributed by atoms with E-state index in [1.807, 2.05) is 13.8 Å². The van der Waals surface area contributed by atoms with Gasteiger partial charge < -0.3 is 13.8 Å². The Labute approximate surface area is 131 Å². The maximum atomic E-state index is 11.9. The summed E-state index contributed by atoms with van der Waals surface area (Å²) in [7, 11) is -1.05. The second kappa shape index (κ2) is 7.46. The fourth-order valence-electron chi connectivity index (χ4n) is 1.62. The van der Waals surface area contributed by atoms with Gasteiger partial charge in [0.2, 0.25) is 0 Å². The first-order valence-electron chi connectivity index (χ1n) is 6.90. The summed E-state index contributed by atoms with van der Waals surface area (Å²) in [4.78, 5) is 13.4. The average Bonchev–Trinajstić information content (AvgIpc) is 2.42. The first kappa shape index (κ1) is 18.2. The van der Waals surface area contributed by atoms with Crippen molar-refractivity contribution in [3.05, 3.63) is 23.8 Å². The molecule has 0 saturated heterocycles. The van der Waals surface area contributed by atoms with Gasteiger partial charge in [-0.25, -0.2) is 4.79 Å². The van der Waals surface area contributed by atoms with Crippen molar-refractivity contribution in [2.24, 2.45) is 0 Å². The zero-order valence-electron chi connectivity index (χ0n) is 13.5. The van der Waals surface area contributed by atoms with Gasteiger partial charge in [-0.3, -0.25) is 0 Å². The molecule has 1 amide bonds. The zero-order chi connectivity index (χ0) is 16.9. The van der Waals surface area contributed by atoms with Gasteiger partial charge in [-0.05, 0) is 44.5 Å². The third kappa shape index (κ3) is 4.60. The average molecular weight is 330 g/mol. The van der Waals surface area contributed by atoms with Crippen molar-refractivity contribution in [2.75, 3.05) is 27.2 Å². The Kier molecular flexibility index (Phi) is 6.19. The van der Waals surface area contributed by atoms with Crippen LogP contribution in [0.25, 0.3) is 0 Å². The standard InChI is InChI=1S/C14H22N2O5S/c1-6-16(7-2)14(17)20-13-9-8-12(10-11(13)3)21-22(18,19)15(4)5/h8-10H,6-7H2,1-5H3. The molecule has 0 atom stereocenters. The summed E-state index contributed by atoms with van der Waals surface area (Å²) < 4.78 is 34.5. The molecule has 0 aliphatic carbocycles. The zero-order valence-corrected chi connectivity index (χ0v) is 14.3. The van der Waals surface area contributed by atoms with E-state index in [1.165, 1.54) is 32.3 Å². The largest absolute Gasteiger partial charge is 0.415 e. The van der Waals surface area contributed by atoms with E-state index in [-0.39, 0.29) is 5.75 Å². The van der Waals surface area contributed by atoms with Crippen LogP contribution in [0.5, 0.6) is 11.5 Å². The third-order valence-corrected chi connectivity index (χ3v) is 4.31. The van der Waals surface area contributed by atoms with E-state index in [1.54, 1.807) is 11.8 Å². The molecule has 0 aromatic heterocycles. The number of ether oxygens (including phenoxy) is 1. The number of amides is 1. The lowest BCUT2D eigenvalue weighted by Gasteiger charge is -2.19. The van der Waals surface area contributed by atoms with Crippen LogP contribution in [0.3, 0.4) is 0 Å². The molecule has 0 aliphatic heterocycles. The minimum Gasteiger partial charge on any atom is -0.410 e. The predicted molar refractivity (Wildman–Crippen MR) is 83.4 cm³/mol. The Bertz CT molecular complexity index is 624. The highest BCUT2D eigenvalue weighted by molar-refractivity contribution is 7.84. The second-order valence-electron chi connectivity index (χ2n) is 4.79. The van der Waals surface area contributed by atoms with Gasteiger partial charge >= 0.3 is 16.4 Å². The lowest BCUT2D eigenvalue weighted by molar-refractivity contribution is 0.157. The number of hydrogen-bond donors (Lipinski definition) is 0. The molecule has 22 heavy (non-hydrogen) atoms. The molecule has 1 aromatic carbocycles. The minimum absolute atomic E-state index is 0.161. The van der Waals surface area contributed by atoms with Crippen LogP contribution in [0.4, 0.5) is 4.79 Å². The highest BCUT2D eigenvalue weighted by Crippen LogP contribution is 2.25. The van der Waals surface area contributed by atoms with Gasteiger partial charge in [0.25, 0.3) is 0 Å². The number of aryl methyl sites for hydroxylation is 1. The van der Waals surface area contributed by atoms with Crippen LogP contribution in [-0.2, 0) is 10.3 Å². The highest BCUT2D eigenvalue weighted by Gasteiger charge is 2.17. The van der Waals surface area contributed by atoms with Gasteiger partial charge in [-0.1, -0.05) is 0 Å². The summed E-state index contributed by atoms with van der Waals surface area (Å²) in [6.07, 6.45) is -0.442. The maximum absolute atomic E-state index is 11.9. The number of hydrogen-bond acceptors (Lipinski definition) is 5. The van der Waals surface area contributed by atoms with Crippen LogP contribution in [0.1, 0.15) is 19.4 Å². The van der Waals surface area contributed by atoms with Crippen molar-refractivity contribution in [3.8, 4) is 11.5 Å². The van der Waals surface area contributed by atoms with Crippen molar-refractivity contribution < 1.29 is 22.1 Å². The van der Waals surface area contributed by atoms with E-state index in [0.717, 1.165) is 4.31 Å². The number of nitrogens with zero attached hydrogens (tertiary/aromatic N) is 2. The fraction of sp³-hybridized carbons (Fsp3) is 0.500. The Morgan fingerprint density at radius 2 is 1.77 bits per heavy atom. The molecule has 0 saturated carbocycles.